The van der Waals surface area contributed by atoms with Crippen molar-refractivity contribution in [3.8, 4) is 0 Å². The van der Waals surface area contributed by atoms with Crippen molar-refractivity contribution < 1.29 is 8.78 Å². The smallest absolute Gasteiger partial charge is 0.258 e. The Hall–Kier alpha value is -0.960. The molecule has 1 fully saturated rings. The van der Waals surface area contributed by atoms with Gasteiger partial charge in [-0.05, 0) is 36.0 Å². The molecular weight excluding hydrogens is 196 g/mol. The molecule has 0 aromatic heterocycles. The average molecular weight is 209 g/mol. The van der Waals surface area contributed by atoms with Crippen molar-refractivity contribution in [2.75, 3.05) is 6.54 Å². The summed E-state index contributed by atoms with van der Waals surface area (Å²) in [5.74, 6) is -0.529. The van der Waals surface area contributed by atoms with E-state index in [0.717, 1.165) is 17.5 Å². The van der Waals surface area contributed by atoms with Gasteiger partial charge in [0.05, 0.1) is 5.92 Å². The summed E-state index contributed by atoms with van der Waals surface area (Å²) in [6.45, 7) is 2.43. The van der Waals surface area contributed by atoms with E-state index in [1.807, 2.05) is 25.1 Å². The number of benzene rings is 1. The van der Waals surface area contributed by atoms with Crippen molar-refractivity contribution in [2.24, 2.45) is 0 Å². The van der Waals surface area contributed by atoms with Crippen LogP contribution in [0.1, 0.15) is 34.9 Å². The molecule has 0 saturated carbocycles. The molecule has 1 N–H and O–H groups in total. The maximum absolute atomic E-state index is 13.6. The fraction of sp³-hybridized carbons (Fsp3) is 0.500. The third-order valence-corrected chi connectivity index (χ3v) is 3.67. The second-order valence-electron chi connectivity index (χ2n) is 4.50. The Balaban J connectivity index is 2.11. The van der Waals surface area contributed by atoms with Crippen LogP contribution in [0.25, 0.3) is 0 Å². The number of hydrogen-bond donors (Lipinski definition) is 1. The second kappa shape index (κ2) is 2.79. The minimum Gasteiger partial charge on any atom is -0.258 e. The van der Waals surface area contributed by atoms with Gasteiger partial charge in [0.25, 0.3) is 0 Å². The second-order valence-corrected chi connectivity index (χ2v) is 4.50. The number of piperidine rings is 1. The summed E-state index contributed by atoms with van der Waals surface area (Å²) in [5.41, 5.74) is 3.17. The molecule has 0 radical (unpaired) electrons. The fourth-order valence-electron chi connectivity index (χ4n) is 3.03. The van der Waals surface area contributed by atoms with E-state index in [4.69, 9.17) is 0 Å². The maximum Gasteiger partial charge on any atom is 0.309 e. The summed E-state index contributed by atoms with van der Waals surface area (Å²) in [6.07, 6.45) is 0.831. The molecule has 15 heavy (non-hydrogen) atoms. The number of halogens is 2. The lowest BCUT2D eigenvalue weighted by Gasteiger charge is -2.48. The van der Waals surface area contributed by atoms with Gasteiger partial charge in [-0.25, -0.2) is 0 Å². The maximum atomic E-state index is 13.6. The third kappa shape index (κ3) is 1.10. The summed E-state index contributed by atoms with van der Waals surface area (Å²) in [6, 6.07) is 3.00. The SMILES string of the molecule is Cc1cccc2c1C1CCNC(F)(F)C21. The Morgan fingerprint density at radius 1 is 1.40 bits per heavy atom. The third-order valence-electron chi connectivity index (χ3n) is 3.67. The molecule has 0 amide bonds. The van der Waals surface area contributed by atoms with Crippen molar-refractivity contribution in [3.05, 3.63) is 34.9 Å². The molecule has 1 nitrogen and oxygen atoms in total. The van der Waals surface area contributed by atoms with Gasteiger partial charge in [0.1, 0.15) is 0 Å². The van der Waals surface area contributed by atoms with E-state index in [1.54, 1.807) is 0 Å². The van der Waals surface area contributed by atoms with E-state index in [9.17, 15) is 8.78 Å². The lowest BCUT2D eigenvalue weighted by atomic mass is 9.62. The largest absolute Gasteiger partial charge is 0.309 e. The highest BCUT2D eigenvalue weighted by Gasteiger charge is 2.55. The highest BCUT2D eigenvalue weighted by molar-refractivity contribution is 5.51. The van der Waals surface area contributed by atoms with Gasteiger partial charge in [0, 0.05) is 6.54 Å². The number of hydrogen-bond acceptors (Lipinski definition) is 1. The molecule has 3 heteroatoms. The van der Waals surface area contributed by atoms with Gasteiger partial charge in [0.2, 0.25) is 0 Å². The molecule has 1 aliphatic heterocycles. The molecule has 1 heterocycles. The summed E-state index contributed by atoms with van der Waals surface area (Å²) in [4.78, 5) is 0. The van der Waals surface area contributed by atoms with Crippen LogP contribution in [0.4, 0.5) is 8.78 Å². The molecule has 2 atom stereocenters. The molecule has 0 spiro atoms. The van der Waals surface area contributed by atoms with Crippen LogP contribution in [0.3, 0.4) is 0 Å². The van der Waals surface area contributed by atoms with E-state index < -0.39 is 12.0 Å². The van der Waals surface area contributed by atoms with Gasteiger partial charge >= 0.3 is 6.05 Å². The van der Waals surface area contributed by atoms with Crippen LogP contribution in [0.2, 0.25) is 0 Å². The Bertz CT molecular complexity index is 414. The normalized spacial score (nSPS) is 31.4. The van der Waals surface area contributed by atoms with Crippen molar-refractivity contribution in [2.45, 2.75) is 31.2 Å². The number of fused-ring (bicyclic) bond motifs is 4. The monoisotopic (exact) mass is 209 g/mol. The van der Waals surface area contributed by atoms with Crippen molar-refractivity contribution in [1.82, 2.24) is 5.32 Å². The summed E-state index contributed by atoms with van der Waals surface area (Å²) in [7, 11) is 0. The van der Waals surface area contributed by atoms with Gasteiger partial charge in [-0.15, -0.1) is 0 Å². The van der Waals surface area contributed by atoms with Crippen LogP contribution in [-0.4, -0.2) is 12.6 Å². The van der Waals surface area contributed by atoms with Crippen LogP contribution in [0, 0.1) is 6.92 Å². The predicted molar refractivity (Wildman–Crippen MR) is 54.2 cm³/mol. The molecule has 80 valence electrons. The Labute approximate surface area is 87.5 Å². The topological polar surface area (TPSA) is 12.0 Å². The molecule has 0 bridgehead atoms. The first kappa shape index (κ1) is 9.28. The number of aryl methyl sites for hydroxylation is 1. The molecule has 1 aromatic carbocycles. The van der Waals surface area contributed by atoms with Crippen LogP contribution < -0.4 is 5.32 Å². The zero-order chi connectivity index (χ0) is 10.6. The molecule has 1 aromatic rings. The van der Waals surface area contributed by atoms with Crippen LogP contribution >= 0.6 is 0 Å². The van der Waals surface area contributed by atoms with Gasteiger partial charge in [-0.3, -0.25) is 5.32 Å². The van der Waals surface area contributed by atoms with Crippen LogP contribution in [0.5, 0.6) is 0 Å². The molecule has 1 aliphatic carbocycles. The fourth-order valence-corrected chi connectivity index (χ4v) is 3.03. The number of nitrogens with one attached hydrogen (secondary N) is 1. The zero-order valence-corrected chi connectivity index (χ0v) is 8.56. The van der Waals surface area contributed by atoms with E-state index in [2.05, 4.69) is 5.32 Å². The van der Waals surface area contributed by atoms with Crippen LogP contribution in [-0.2, 0) is 0 Å². The Kier molecular flexibility index (Phi) is 1.72. The van der Waals surface area contributed by atoms with Gasteiger partial charge in [-0.2, -0.15) is 8.78 Å². The number of alkyl halides is 2. The summed E-state index contributed by atoms with van der Waals surface area (Å²) in [5, 5.41) is 2.32. The van der Waals surface area contributed by atoms with Gasteiger partial charge < -0.3 is 0 Å². The zero-order valence-electron chi connectivity index (χ0n) is 8.56. The Morgan fingerprint density at radius 2 is 2.20 bits per heavy atom. The van der Waals surface area contributed by atoms with Crippen molar-refractivity contribution >= 4 is 0 Å². The van der Waals surface area contributed by atoms with E-state index in [-0.39, 0.29) is 5.92 Å². The lowest BCUT2D eigenvalue weighted by Crippen LogP contribution is -2.53. The van der Waals surface area contributed by atoms with E-state index in [0.29, 0.717) is 6.54 Å². The molecule has 1 saturated heterocycles. The first-order chi connectivity index (χ1) is 7.11. The minimum absolute atomic E-state index is 0.0671. The van der Waals surface area contributed by atoms with Gasteiger partial charge in [-0.1, -0.05) is 18.2 Å². The van der Waals surface area contributed by atoms with E-state index >= 15 is 0 Å². The van der Waals surface area contributed by atoms with Crippen molar-refractivity contribution in [1.29, 1.82) is 0 Å². The standard InChI is InChI=1S/C12H13F2N/c1-7-3-2-4-8-10(7)9-5-6-15-12(13,14)11(8)9/h2-4,9,11,15H,5-6H2,1H3. The molecule has 2 unspecified atom stereocenters. The quantitative estimate of drug-likeness (QED) is 0.648. The minimum atomic E-state index is -2.72. The van der Waals surface area contributed by atoms with E-state index in [1.165, 1.54) is 5.56 Å². The van der Waals surface area contributed by atoms with Crippen LogP contribution in [0.15, 0.2) is 18.2 Å². The summed E-state index contributed by atoms with van der Waals surface area (Å²) >= 11 is 0. The molecule has 2 aliphatic rings. The van der Waals surface area contributed by atoms with Gasteiger partial charge in [0.15, 0.2) is 0 Å². The highest BCUT2D eigenvalue weighted by atomic mass is 19.3. The predicted octanol–water partition coefficient (Wildman–Crippen LogP) is 2.76. The lowest BCUT2D eigenvalue weighted by molar-refractivity contribution is -0.0938. The average Bonchev–Trinajstić information content (AvgIpc) is 2.11. The highest BCUT2D eigenvalue weighted by Crippen LogP contribution is 2.57. The summed E-state index contributed by atoms with van der Waals surface area (Å²) < 4.78 is 27.2. The first-order valence-electron chi connectivity index (χ1n) is 5.33. The Morgan fingerprint density at radius 3 is 3.00 bits per heavy atom. The molecule has 3 rings (SSSR count). The van der Waals surface area contributed by atoms with Crippen molar-refractivity contribution in [3.63, 3.8) is 0 Å². The first-order valence-corrected chi connectivity index (χ1v) is 5.33. The molecular formula is C12H13F2N. The number of rotatable bonds is 0.